The summed E-state index contributed by atoms with van der Waals surface area (Å²) in [6.07, 6.45) is 0.417. The third kappa shape index (κ3) is 3.68. The molecule has 4 N–H and O–H groups in total. The van der Waals surface area contributed by atoms with Crippen LogP contribution in [0.25, 0.3) is 11.0 Å². The van der Waals surface area contributed by atoms with Crippen molar-refractivity contribution in [2.24, 2.45) is 0 Å². The summed E-state index contributed by atoms with van der Waals surface area (Å²) in [6, 6.07) is 2.60. The van der Waals surface area contributed by atoms with Gasteiger partial charge in [0.15, 0.2) is 5.65 Å². The van der Waals surface area contributed by atoms with Crippen LogP contribution in [0.5, 0.6) is 0 Å². The maximum atomic E-state index is 13.9. The SMILES string of the molecule is CN(Cc1cc(F)ccc1F)C(=O)c1[nH]nc2ncnc(N[C@@H]3CC[C@@H](O)[C@H]3O)c12. The molecule has 0 saturated heterocycles. The molecule has 0 unspecified atom stereocenters. The van der Waals surface area contributed by atoms with Crippen molar-refractivity contribution in [2.75, 3.05) is 12.4 Å². The van der Waals surface area contributed by atoms with Gasteiger partial charge in [-0.05, 0) is 31.0 Å². The van der Waals surface area contributed by atoms with E-state index in [0.717, 1.165) is 18.2 Å². The highest BCUT2D eigenvalue weighted by Gasteiger charge is 2.34. The van der Waals surface area contributed by atoms with E-state index >= 15 is 0 Å². The molecule has 1 aliphatic carbocycles. The molecule has 2 heterocycles. The molecular formula is C19H20F2N6O3. The Labute approximate surface area is 169 Å². The van der Waals surface area contributed by atoms with E-state index in [1.54, 1.807) is 0 Å². The molecular weight excluding hydrogens is 398 g/mol. The number of rotatable bonds is 5. The first-order valence-electron chi connectivity index (χ1n) is 9.36. The number of carbonyl (C=O) groups is 1. The number of halogens is 2. The Morgan fingerprint density at radius 3 is 2.83 bits per heavy atom. The molecule has 1 saturated carbocycles. The van der Waals surface area contributed by atoms with E-state index in [9.17, 15) is 23.8 Å². The van der Waals surface area contributed by atoms with Crippen molar-refractivity contribution in [3.63, 3.8) is 0 Å². The zero-order valence-electron chi connectivity index (χ0n) is 16.0. The molecule has 4 rings (SSSR count). The lowest BCUT2D eigenvalue weighted by Gasteiger charge is -2.20. The molecule has 0 aliphatic heterocycles. The summed E-state index contributed by atoms with van der Waals surface area (Å²) in [5.74, 6) is -1.46. The second-order valence-electron chi connectivity index (χ2n) is 7.30. The minimum Gasteiger partial charge on any atom is -0.390 e. The summed E-state index contributed by atoms with van der Waals surface area (Å²) in [7, 11) is 1.45. The predicted octanol–water partition coefficient (Wildman–Crippen LogP) is 1.20. The number of nitrogens with zero attached hydrogens (tertiary/aromatic N) is 4. The van der Waals surface area contributed by atoms with Crippen LogP contribution in [-0.2, 0) is 6.54 Å². The Bertz CT molecular complexity index is 1090. The van der Waals surface area contributed by atoms with Crippen LogP contribution in [0, 0.1) is 11.6 Å². The highest BCUT2D eigenvalue weighted by molar-refractivity contribution is 6.07. The monoisotopic (exact) mass is 418 g/mol. The maximum Gasteiger partial charge on any atom is 0.272 e. The number of aromatic amines is 1. The molecule has 1 aromatic carbocycles. The predicted molar refractivity (Wildman–Crippen MR) is 102 cm³/mol. The average molecular weight is 418 g/mol. The summed E-state index contributed by atoms with van der Waals surface area (Å²) < 4.78 is 27.4. The number of carbonyl (C=O) groups excluding carboxylic acids is 1. The standard InChI is InChI=1S/C19H20F2N6O3/c1-27(7-9-6-10(20)2-3-11(9)21)19(30)15-14-17(22-8-23-18(14)26-25-15)24-12-4-5-13(28)16(12)29/h2-3,6,8,12-13,16,28-29H,4-5,7H2,1H3,(H2,22,23,24,25,26)/t12-,13-,16+/m1/s1. The van der Waals surface area contributed by atoms with Gasteiger partial charge in [0.2, 0.25) is 0 Å². The number of benzene rings is 1. The Morgan fingerprint density at radius 2 is 2.10 bits per heavy atom. The first-order valence-corrected chi connectivity index (χ1v) is 9.36. The molecule has 3 aromatic rings. The topological polar surface area (TPSA) is 127 Å². The summed E-state index contributed by atoms with van der Waals surface area (Å²) in [4.78, 5) is 22.4. The van der Waals surface area contributed by atoms with Gasteiger partial charge >= 0.3 is 0 Å². The third-order valence-corrected chi connectivity index (χ3v) is 5.23. The fourth-order valence-electron chi connectivity index (χ4n) is 3.60. The van der Waals surface area contributed by atoms with E-state index in [2.05, 4.69) is 25.5 Å². The van der Waals surface area contributed by atoms with Crippen molar-refractivity contribution < 1.29 is 23.8 Å². The van der Waals surface area contributed by atoms with Crippen LogP contribution < -0.4 is 5.32 Å². The normalized spacial score (nSPS) is 21.2. The molecule has 1 fully saturated rings. The lowest BCUT2D eigenvalue weighted by Crippen LogP contribution is -2.34. The zero-order chi connectivity index (χ0) is 21.4. The molecule has 30 heavy (non-hydrogen) atoms. The van der Waals surface area contributed by atoms with Crippen LogP contribution in [0.1, 0.15) is 28.9 Å². The molecule has 1 aliphatic rings. The molecule has 3 atom stereocenters. The lowest BCUT2D eigenvalue weighted by atomic mass is 10.1. The third-order valence-electron chi connectivity index (χ3n) is 5.23. The second kappa shape index (κ2) is 7.92. The van der Waals surface area contributed by atoms with Gasteiger partial charge in [0.25, 0.3) is 5.91 Å². The minimum absolute atomic E-state index is 0.0346. The van der Waals surface area contributed by atoms with Crippen LogP contribution >= 0.6 is 0 Å². The van der Waals surface area contributed by atoms with Gasteiger partial charge in [-0.2, -0.15) is 5.10 Å². The molecule has 11 heteroatoms. The van der Waals surface area contributed by atoms with Crippen LogP contribution in [-0.4, -0.2) is 66.5 Å². The quantitative estimate of drug-likeness (QED) is 0.490. The molecule has 0 bridgehead atoms. The number of nitrogens with one attached hydrogen (secondary N) is 2. The summed E-state index contributed by atoms with van der Waals surface area (Å²) in [5, 5.41) is 29.9. The number of hydrogen-bond donors (Lipinski definition) is 4. The van der Waals surface area contributed by atoms with Crippen LogP contribution in [0.2, 0.25) is 0 Å². The number of aromatic nitrogens is 4. The number of amides is 1. The van der Waals surface area contributed by atoms with Crippen LogP contribution in [0.4, 0.5) is 14.6 Å². The molecule has 158 valence electrons. The van der Waals surface area contributed by atoms with Crippen molar-refractivity contribution >= 4 is 22.8 Å². The van der Waals surface area contributed by atoms with E-state index in [0.29, 0.717) is 18.2 Å². The van der Waals surface area contributed by atoms with Crippen molar-refractivity contribution in [3.05, 3.63) is 47.4 Å². The van der Waals surface area contributed by atoms with Gasteiger partial charge in [0, 0.05) is 19.2 Å². The van der Waals surface area contributed by atoms with E-state index in [-0.39, 0.29) is 29.3 Å². The van der Waals surface area contributed by atoms with Gasteiger partial charge in [-0.15, -0.1) is 0 Å². The van der Waals surface area contributed by atoms with E-state index in [4.69, 9.17) is 0 Å². The Balaban J connectivity index is 1.62. The Kier molecular flexibility index (Phi) is 5.31. The first kappa shape index (κ1) is 20.1. The Hall–Kier alpha value is -3.18. The molecule has 1 amide bonds. The number of H-pyrrole nitrogens is 1. The minimum atomic E-state index is -0.973. The number of aliphatic hydroxyl groups is 2. The summed E-state index contributed by atoms with van der Waals surface area (Å²) >= 11 is 0. The largest absolute Gasteiger partial charge is 0.390 e. The summed E-state index contributed by atoms with van der Waals surface area (Å²) in [5.41, 5.74) is 0.335. The van der Waals surface area contributed by atoms with Crippen molar-refractivity contribution in [1.82, 2.24) is 25.1 Å². The smallest absolute Gasteiger partial charge is 0.272 e. The van der Waals surface area contributed by atoms with E-state index in [1.165, 1.54) is 18.3 Å². The van der Waals surface area contributed by atoms with Crippen LogP contribution in [0.3, 0.4) is 0 Å². The van der Waals surface area contributed by atoms with Crippen molar-refractivity contribution in [3.8, 4) is 0 Å². The molecule has 2 aromatic heterocycles. The molecule has 0 spiro atoms. The highest BCUT2D eigenvalue weighted by Crippen LogP contribution is 2.28. The van der Waals surface area contributed by atoms with Crippen molar-refractivity contribution in [1.29, 1.82) is 0 Å². The van der Waals surface area contributed by atoms with Crippen LogP contribution in [0.15, 0.2) is 24.5 Å². The molecule has 9 nitrogen and oxygen atoms in total. The number of anilines is 1. The first-order chi connectivity index (χ1) is 14.3. The Morgan fingerprint density at radius 1 is 1.30 bits per heavy atom. The van der Waals surface area contributed by atoms with Gasteiger partial charge in [-0.1, -0.05) is 0 Å². The van der Waals surface area contributed by atoms with Gasteiger partial charge in [-0.25, -0.2) is 18.7 Å². The second-order valence-corrected chi connectivity index (χ2v) is 7.30. The summed E-state index contributed by atoms with van der Waals surface area (Å²) in [6.45, 7) is -0.160. The lowest BCUT2D eigenvalue weighted by molar-refractivity contribution is 0.0392. The van der Waals surface area contributed by atoms with Gasteiger partial charge in [0.1, 0.15) is 29.5 Å². The maximum absolute atomic E-state index is 13.9. The van der Waals surface area contributed by atoms with Crippen molar-refractivity contribution in [2.45, 2.75) is 37.6 Å². The van der Waals surface area contributed by atoms with Gasteiger partial charge in [0.05, 0.1) is 23.6 Å². The fourth-order valence-corrected chi connectivity index (χ4v) is 3.60. The van der Waals surface area contributed by atoms with Gasteiger partial charge < -0.3 is 20.4 Å². The average Bonchev–Trinajstić information content (AvgIpc) is 3.29. The number of aliphatic hydroxyl groups excluding tert-OH is 2. The molecule has 0 radical (unpaired) electrons. The van der Waals surface area contributed by atoms with Gasteiger partial charge in [-0.3, -0.25) is 9.89 Å². The fraction of sp³-hybridized carbons (Fsp3) is 0.368. The van der Waals surface area contributed by atoms with E-state index in [1.807, 2.05) is 0 Å². The zero-order valence-corrected chi connectivity index (χ0v) is 16.0. The highest BCUT2D eigenvalue weighted by atomic mass is 19.1. The number of hydrogen-bond acceptors (Lipinski definition) is 7. The van der Waals surface area contributed by atoms with E-state index < -0.39 is 35.8 Å². The number of fused-ring (bicyclic) bond motifs is 1.